The van der Waals surface area contributed by atoms with E-state index in [-0.39, 0.29) is 5.82 Å². The van der Waals surface area contributed by atoms with Crippen LogP contribution in [0.5, 0.6) is 0 Å². The molecule has 0 amide bonds. The van der Waals surface area contributed by atoms with Crippen LogP contribution in [0.1, 0.15) is 0 Å². The summed E-state index contributed by atoms with van der Waals surface area (Å²) in [4.78, 5) is 13.2. The average Bonchev–Trinajstić information content (AvgIpc) is 2.35. The number of hydrogen-bond acceptors (Lipinski definition) is 6. The molecule has 11 heteroatoms. The fourth-order valence-corrected chi connectivity index (χ4v) is 1.09. The van der Waals surface area contributed by atoms with Gasteiger partial charge >= 0.3 is 18.0 Å². The topological polar surface area (TPSA) is 106 Å². The second-order valence-electron chi connectivity index (χ2n) is 3.38. The number of nitrogens with one attached hydrogen (secondary N) is 2. The van der Waals surface area contributed by atoms with Gasteiger partial charge in [-0.25, -0.2) is 19.6 Å². The minimum Gasteiger partial charge on any atom is -0.358 e. The molecule has 0 fully saturated rings. The third kappa shape index (κ3) is 3.64. The summed E-state index contributed by atoms with van der Waals surface area (Å²) in [5.41, 5.74) is 1.41. The molecule has 0 unspecified atom stereocenters. The molecular weight excluding hydrogens is 274 g/mol. The molecule has 1 aromatic rings. The highest BCUT2D eigenvalue weighted by molar-refractivity contribution is 5.60. The van der Waals surface area contributed by atoms with Gasteiger partial charge in [-0.1, -0.05) is 0 Å². The van der Waals surface area contributed by atoms with Gasteiger partial charge in [0.1, 0.15) is 5.82 Å². The molecule has 0 aliphatic carbocycles. The Balaban J connectivity index is 2.95. The Morgan fingerprint density at radius 2 is 2.11 bits per heavy atom. The number of rotatable bonds is 6. The van der Waals surface area contributed by atoms with Crippen LogP contribution in [0.4, 0.5) is 34.9 Å². The Bertz CT molecular complexity index is 470. The van der Waals surface area contributed by atoms with Crippen LogP contribution in [0, 0.1) is 10.1 Å². The van der Waals surface area contributed by atoms with Gasteiger partial charge in [0.2, 0.25) is 5.82 Å². The van der Waals surface area contributed by atoms with E-state index in [1.54, 1.807) is 0 Å². The van der Waals surface area contributed by atoms with Gasteiger partial charge < -0.3 is 10.7 Å². The van der Waals surface area contributed by atoms with Crippen molar-refractivity contribution in [2.45, 2.75) is 12.3 Å². The molecule has 0 bridgehead atoms. The Morgan fingerprint density at radius 3 is 2.58 bits per heavy atom. The van der Waals surface area contributed by atoms with E-state index in [9.17, 15) is 27.7 Å². The van der Waals surface area contributed by atoms with E-state index in [0.29, 0.717) is 0 Å². The normalized spacial score (nSPS) is 11.5. The maximum Gasteiger partial charge on any atom is 0.324 e. The van der Waals surface area contributed by atoms with Gasteiger partial charge in [0.05, 0.1) is 11.5 Å². The molecule has 0 atom stereocenters. The maximum atomic E-state index is 12.7. The van der Waals surface area contributed by atoms with Crippen LogP contribution < -0.4 is 16.6 Å². The molecule has 19 heavy (non-hydrogen) atoms. The number of hydrogen-bond donors (Lipinski definition) is 3. The molecular formula is C8H9F4N5O2. The quantitative estimate of drug-likeness (QED) is 0.317. The van der Waals surface area contributed by atoms with Gasteiger partial charge in [0.15, 0.2) is 0 Å². The number of anilines is 2. The molecule has 0 saturated heterocycles. The van der Waals surface area contributed by atoms with Gasteiger partial charge in [-0.2, -0.15) is 8.78 Å². The molecule has 0 aliphatic rings. The van der Waals surface area contributed by atoms with E-state index in [0.717, 1.165) is 12.1 Å². The molecule has 4 N–H and O–H groups in total. The summed E-state index contributed by atoms with van der Waals surface area (Å²) in [5.74, 6) is 0.0348. The monoisotopic (exact) mass is 283 g/mol. The molecule has 7 nitrogen and oxygen atoms in total. The smallest absolute Gasteiger partial charge is 0.324 e. The summed E-state index contributed by atoms with van der Waals surface area (Å²) in [5, 5.41) is 12.4. The zero-order valence-electron chi connectivity index (χ0n) is 9.24. The zero-order valence-corrected chi connectivity index (χ0v) is 9.24. The first-order valence-electron chi connectivity index (χ1n) is 4.80. The van der Waals surface area contributed by atoms with Crippen LogP contribution in [0.3, 0.4) is 0 Å². The van der Waals surface area contributed by atoms with Crippen LogP contribution >= 0.6 is 0 Å². The van der Waals surface area contributed by atoms with Gasteiger partial charge in [0, 0.05) is 6.07 Å². The standard InChI is InChI=1S/C8H9F4N5O2/c9-7(10)8(11,12)3-14-6-4(17(18)19)1-2-5(15-6)16-13/h1-2,7H,3,13H2,(H2,14,15,16). The number of nitro groups is 1. The van der Waals surface area contributed by atoms with Crippen molar-refractivity contribution in [3.8, 4) is 0 Å². The Hall–Kier alpha value is -2.17. The average molecular weight is 283 g/mol. The second kappa shape index (κ2) is 5.65. The first-order valence-corrected chi connectivity index (χ1v) is 4.80. The molecule has 1 aromatic heterocycles. The first kappa shape index (κ1) is 14.9. The molecule has 0 spiro atoms. The van der Waals surface area contributed by atoms with E-state index in [4.69, 9.17) is 5.84 Å². The van der Waals surface area contributed by atoms with Crippen molar-refractivity contribution in [2.75, 3.05) is 17.3 Å². The van der Waals surface area contributed by atoms with Crippen LogP contribution in [0.15, 0.2) is 12.1 Å². The second-order valence-corrected chi connectivity index (χ2v) is 3.38. The van der Waals surface area contributed by atoms with Crippen LogP contribution in [0.25, 0.3) is 0 Å². The summed E-state index contributed by atoms with van der Waals surface area (Å²) < 4.78 is 49.3. The van der Waals surface area contributed by atoms with Crippen molar-refractivity contribution in [3.63, 3.8) is 0 Å². The van der Waals surface area contributed by atoms with E-state index in [2.05, 4.69) is 4.98 Å². The minimum atomic E-state index is -4.33. The fourth-order valence-electron chi connectivity index (χ4n) is 1.09. The Labute approximate surface area is 103 Å². The lowest BCUT2D eigenvalue weighted by atomic mass is 10.3. The van der Waals surface area contributed by atoms with Crippen LogP contribution in [-0.2, 0) is 0 Å². The summed E-state index contributed by atoms with van der Waals surface area (Å²) in [6.07, 6.45) is -3.89. The minimum absolute atomic E-state index is 0.0477. The molecule has 0 aromatic carbocycles. The molecule has 1 rings (SSSR count). The van der Waals surface area contributed by atoms with E-state index >= 15 is 0 Å². The number of aromatic nitrogens is 1. The van der Waals surface area contributed by atoms with Crippen molar-refractivity contribution >= 4 is 17.3 Å². The fraction of sp³-hybridized carbons (Fsp3) is 0.375. The highest BCUT2D eigenvalue weighted by atomic mass is 19.3. The summed E-state index contributed by atoms with van der Waals surface area (Å²) in [7, 11) is 0. The lowest BCUT2D eigenvalue weighted by molar-refractivity contribution is -0.384. The Morgan fingerprint density at radius 1 is 1.47 bits per heavy atom. The van der Waals surface area contributed by atoms with Crippen molar-refractivity contribution in [1.82, 2.24) is 4.98 Å². The third-order valence-electron chi connectivity index (χ3n) is 2.03. The number of nitrogens with zero attached hydrogens (tertiary/aromatic N) is 2. The van der Waals surface area contributed by atoms with Crippen LogP contribution in [0.2, 0.25) is 0 Å². The highest BCUT2D eigenvalue weighted by Crippen LogP contribution is 2.27. The number of pyridine rings is 1. The summed E-state index contributed by atoms with van der Waals surface area (Å²) >= 11 is 0. The summed E-state index contributed by atoms with van der Waals surface area (Å²) in [6, 6.07) is 2.08. The van der Waals surface area contributed by atoms with Crippen molar-refractivity contribution in [2.24, 2.45) is 5.84 Å². The Kier molecular flexibility index (Phi) is 4.43. The van der Waals surface area contributed by atoms with Gasteiger partial charge in [-0.3, -0.25) is 10.1 Å². The van der Waals surface area contributed by atoms with Crippen molar-refractivity contribution < 1.29 is 22.5 Å². The van der Waals surface area contributed by atoms with Gasteiger partial charge in [-0.05, 0) is 6.07 Å². The molecule has 0 aliphatic heterocycles. The number of alkyl halides is 4. The lowest BCUT2D eigenvalue weighted by Gasteiger charge is -2.16. The molecule has 0 radical (unpaired) electrons. The number of hydrazine groups is 1. The third-order valence-corrected chi connectivity index (χ3v) is 2.03. The van der Waals surface area contributed by atoms with Gasteiger partial charge in [-0.15, -0.1) is 0 Å². The van der Waals surface area contributed by atoms with E-state index in [1.807, 2.05) is 10.7 Å². The predicted octanol–water partition coefficient (Wildman–Crippen LogP) is 1.59. The molecule has 0 saturated carbocycles. The van der Waals surface area contributed by atoms with Crippen molar-refractivity contribution in [3.05, 3.63) is 22.2 Å². The van der Waals surface area contributed by atoms with Crippen LogP contribution in [-0.4, -0.2) is 28.8 Å². The van der Waals surface area contributed by atoms with Gasteiger partial charge in [0.25, 0.3) is 0 Å². The number of halogens is 4. The highest BCUT2D eigenvalue weighted by Gasteiger charge is 2.41. The molecule has 1 heterocycles. The number of nitrogen functional groups attached to an aromatic ring is 1. The largest absolute Gasteiger partial charge is 0.358 e. The maximum absolute atomic E-state index is 12.7. The predicted molar refractivity (Wildman–Crippen MR) is 58.1 cm³/mol. The molecule has 106 valence electrons. The van der Waals surface area contributed by atoms with E-state index < -0.39 is 35.3 Å². The summed E-state index contributed by atoms with van der Waals surface area (Å²) in [6.45, 7) is -1.49. The number of nitrogens with two attached hydrogens (primary N) is 1. The first-order chi connectivity index (χ1) is 8.77. The SMILES string of the molecule is NNc1ccc([N+](=O)[O-])c(NCC(F)(F)C(F)F)n1. The zero-order chi connectivity index (χ0) is 14.6. The lowest BCUT2D eigenvalue weighted by Crippen LogP contribution is -2.35. The van der Waals surface area contributed by atoms with Crippen molar-refractivity contribution in [1.29, 1.82) is 0 Å². The van der Waals surface area contributed by atoms with E-state index in [1.165, 1.54) is 0 Å².